The van der Waals surface area contributed by atoms with E-state index >= 15 is 0 Å². The molecule has 0 aromatic carbocycles. The van der Waals surface area contributed by atoms with Crippen LogP contribution in [0.4, 0.5) is 0 Å². The van der Waals surface area contributed by atoms with E-state index in [0.29, 0.717) is 0 Å². The molecule has 0 spiro atoms. The third-order valence-electron chi connectivity index (χ3n) is 3.04. The number of H-pyrrole nitrogens is 1. The van der Waals surface area contributed by atoms with E-state index in [-0.39, 0.29) is 18.4 Å². The van der Waals surface area contributed by atoms with Crippen LogP contribution in [0.15, 0.2) is 20.8 Å². The highest BCUT2D eigenvalue weighted by Gasteiger charge is 2.35. The third kappa shape index (κ3) is 2.90. The van der Waals surface area contributed by atoms with Crippen molar-refractivity contribution in [2.75, 3.05) is 0 Å². The largest absolute Gasteiger partial charge is 0.390 e. The molecule has 8 heteroatoms. The number of nitriles is 1. The van der Waals surface area contributed by atoms with Crippen LogP contribution in [-0.2, 0) is 4.74 Å². The van der Waals surface area contributed by atoms with E-state index in [1.54, 1.807) is 0 Å². The zero-order valence-electron chi connectivity index (χ0n) is 10.3. The molecule has 1 aromatic rings. The molecule has 2 heterocycles. The summed E-state index contributed by atoms with van der Waals surface area (Å²) < 4.78 is 6.70. The Balaban J connectivity index is 2.35. The Bertz CT molecular complexity index is 673. The summed E-state index contributed by atoms with van der Waals surface area (Å²) in [6, 6.07) is 1.92. The number of aromatic nitrogens is 2. The van der Waals surface area contributed by atoms with Gasteiger partial charge in [0.1, 0.15) is 6.23 Å². The molecule has 1 aliphatic rings. The normalized spacial score (nSPS) is 25.9. The first-order valence-corrected chi connectivity index (χ1v) is 6.81. The molecule has 0 aliphatic carbocycles. The molecule has 0 saturated carbocycles. The highest BCUT2D eigenvalue weighted by molar-refractivity contribution is 9.11. The Labute approximate surface area is 122 Å². The lowest BCUT2D eigenvalue weighted by atomic mass is 10.1. The van der Waals surface area contributed by atoms with E-state index < -0.39 is 29.7 Å². The molecule has 0 bridgehead atoms. The van der Waals surface area contributed by atoms with Crippen molar-refractivity contribution in [2.24, 2.45) is 0 Å². The number of nitrogens with zero attached hydrogens (tertiary/aromatic N) is 2. The summed E-state index contributed by atoms with van der Waals surface area (Å²) in [5.41, 5.74) is -0.839. The maximum absolute atomic E-state index is 11.8. The molecule has 3 atom stereocenters. The van der Waals surface area contributed by atoms with Gasteiger partial charge < -0.3 is 9.84 Å². The van der Waals surface area contributed by atoms with Crippen LogP contribution in [-0.4, -0.2) is 26.9 Å². The molecule has 1 aliphatic heterocycles. The molecular formula is C12H12BrN3O4. The smallest absolute Gasteiger partial charge is 0.330 e. The van der Waals surface area contributed by atoms with Crippen molar-refractivity contribution in [3.05, 3.63) is 37.6 Å². The number of halogens is 1. The summed E-state index contributed by atoms with van der Waals surface area (Å²) in [6.45, 7) is 0. The van der Waals surface area contributed by atoms with Crippen LogP contribution in [0.1, 0.15) is 24.6 Å². The number of rotatable bonds is 3. The fourth-order valence-corrected chi connectivity index (χ4v) is 2.35. The summed E-state index contributed by atoms with van der Waals surface area (Å²) in [7, 11) is 0. The van der Waals surface area contributed by atoms with Crippen LogP contribution < -0.4 is 11.2 Å². The van der Waals surface area contributed by atoms with Gasteiger partial charge in [-0.1, -0.05) is 15.9 Å². The van der Waals surface area contributed by atoms with Crippen molar-refractivity contribution in [2.45, 2.75) is 31.3 Å². The maximum Gasteiger partial charge on any atom is 0.330 e. The highest BCUT2D eigenvalue weighted by atomic mass is 79.9. The number of nitrogens with one attached hydrogen (secondary N) is 1. The molecule has 0 unspecified atom stereocenters. The summed E-state index contributed by atoms with van der Waals surface area (Å²) >= 11 is 3.06. The van der Waals surface area contributed by atoms with Gasteiger partial charge in [-0.2, -0.15) is 5.26 Å². The second kappa shape index (κ2) is 6.17. The average Bonchev–Trinajstić information content (AvgIpc) is 2.75. The molecule has 20 heavy (non-hydrogen) atoms. The van der Waals surface area contributed by atoms with Crippen molar-refractivity contribution >= 4 is 22.0 Å². The number of hydrogen-bond acceptors (Lipinski definition) is 5. The topological polar surface area (TPSA) is 108 Å². The molecule has 1 aromatic heterocycles. The van der Waals surface area contributed by atoms with Gasteiger partial charge >= 0.3 is 5.69 Å². The first kappa shape index (κ1) is 14.7. The van der Waals surface area contributed by atoms with Crippen molar-refractivity contribution in [1.29, 1.82) is 5.26 Å². The summed E-state index contributed by atoms with van der Waals surface area (Å²) in [4.78, 5) is 27.0. The predicted octanol–water partition coefficient (Wildman–Crippen LogP) is 0.464. The summed E-state index contributed by atoms with van der Waals surface area (Å²) in [5, 5.41) is 18.4. The third-order valence-corrected chi connectivity index (χ3v) is 3.31. The Morgan fingerprint density at radius 1 is 1.65 bits per heavy atom. The fraction of sp³-hybridized carbons (Fsp3) is 0.417. The minimum absolute atomic E-state index is 0.0456. The molecule has 106 valence electrons. The molecule has 1 saturated heterocycles. The van der Waals surface area contributed by atoms with Crippen molar-refractivity contribution < 1.29 is 9.84 Å². The van der Waals surface area contributed by atoms with E-state index in [9.17, 15) is 14.7 Å². The van der Waals surface area contributed by atoms with Gasteiger partial charge in [0.05, 0.1) is 30.3 Å². The van der Waals surface area contributed by atoms with E-state index in [1.807, 2.05) is 6.07 Å². The van der Waals surface area contributed by atoms with Crippen LogP contribution in [0.25, 0.3) is 6.08 Å². The second-order valence-electron chi connectivity index (χ2n) is 4.34. The molecule has 2 rings (SSSR count). The van der Waals surface area contributed by atoms with Gasteiger partial charge in [-0.3, -0.25) is 14.3 Å². The lowest BCUT2D eigenvalue weighted by Gasteiger charge is -2.14. The zero-order chi connectivity index (χ0) is 14.7. The van der Waals surface area contributed by atoms with E-state index in [4.69, 9.17) is 10.00 Å². The minimum Gasteiger partial charge on any atom is -0.390 e. The number of aliphatic hydroxyl groups excluding tert-OH is 1. The molecule has 2 N–H and O–H groups in total. The quantitative estimate of drug-likeness (QED) is 0.830. The summed E-state index contributed by atoms with van der Waals surface area (Å²) in [5.74, 6) is 0. The van der Waals surface area contributed by atoms with Gasteiger partial charge in [-0.25, -0.2) is 4.79 Å². The second-order valence-corrected chi connectivity index (χ2v) is 4.87. The van der Waals surface area contributed by atoms with Crippen molar-refractivity contribution in [3.8, 4) is 6.07 Å². The van der Waals surface area contributed by atoms with Crippen molar-refractivity contribution in [3.63, 3.8) is 0 Å². The fourth-order valence-electron chi connectivity index (χ4n) is 2.06. The first-order chi connectivity index (χ1) is 9.56. The molecule has 0 amide bonds. The molecule has 7 nitrogen and oxygen atoms in total. The van der Waals surface area contributed by atoms with Gasteiger partial charge in [-0.05, 0) is 11.1 Å². The number of aliphatic hydroxyl groups is 1. The minimum atomic E-state index is -0.811. The standard InChI is InChI=1S/C12H12BrN3O4/c13-3-1-7-6-16(12(19)15-11(7)18)10-5-8(17)9(20-10)2-4-14/h1,3,6,8-10,17H,2,5H2,(H,15,18,19)/b3-1+/t8-,9+,10+/m0/s1. The van der Waals surface area contributed by atoms with Crippen molar-refractivity contribution in [1.82, 2.24) is 9.55 Å². The van der Waals surface area contributed by atoms with Crippen LogP contribution in [0.5, 0.6) is 0 Å². The van der Waals surface area contributed by atoms with E-state index in [0.717, 1.165) is 0 Å². The SMILES string of the molecule is N#CC[C@H]1O[C@@H](n2cc(/C=C/Br)c(=O)[nH]c2=O)C[C@@H]1O. The predicted molar refractivity (Wildman–Crippen MR) is 74.0 cm³/mol. The maximum atomic E-state index is 11.8. The van der Waals surface area contributed by atoms with Crippen LogP contribution in [0.2, 0.25) is 0 Å². The van der Waals surface area contributed by atoms with E-state index in [1.165, 1.54) is 21.8 Å². The monoisotopic (exact) mass is 341 g/mol. The van der Waals surface area contributed by atoms with Gasteiger partial charge in [-0.15, -0.1) is 0 Å². The highest BCUT2D eigenvalue weighted by Crippen LogP contribution is 2.29. The Morgan fingerprint density at radius 3 is 3.05 bits per heavy atom. The first-order valence-electron chi connectivity index (χ1n) is 5.89. The molecule has 1 fully saturated rings. The Hall–Kier alpha value is -1.69. The average molecular weight is 342 g/mol. The van der Waals surface area contributed by atoms with Gasteiger partial charge in [0, 0.05) is 12.6 Å². The van der Waals surface area contributed by atoms with Gasteiger partial charge in [0.15, 0.2) is 0 Å². The number of ether oxygens (including phenoxy) is 1. The number of hydrogen-bond donors (Lipinski definition) is 2. The number of aromatic amines is 1. The molecule has 0 radical (unpaired) electrons. The van der Waals surface area contributed by atoms with Gasteiger partial charge in [0.25, 0.3) is 5.56 Å². The van der Waals surface area contributed by atoms with Crippen LogP contribution >= 0.6 is 15.9 Å². The lowest BCUT2D eigenvalue weighted by molar-refractivity contribution is -0.0175. The lowest BCUT2D eigenvalue weighted by Crippen LogP contribution is -2.33. The Morgan fingerprint density at radius 2 is 2.40 bits per heavy atom. The van der Waals surface area contributed by atoms with Crippen LogP contribution in [0.3, 0.4) is 0 Å². The van der Waals surface area contributed by atoms with Crippen LogP contribution in [0, 0.1) is 11.3 Å². The molecular weight excluding hydrogens is 330 g/mol. The van der Waals surface area contributed by atoms with E-state index in [2.05, 4.69) is 20.9 Å². The van der Waals surface area contributed by atoms with Gasteiger partial charge in [0.2, 0.25) is 0 Å². The summed E-state index contributed by atoms with van der Waals surface area (Å²) in [6.07, 6.45) is 0.959. The Kier molecular flexibility index (Phi) is 4.54. The zero-order valence-corrected chi connectivity index (χ0v) is 11.9.